The summed E-state index contributed by atoms with van der Waals surface area (Å²) in [7, 11) is 3.23. The van der Waals surface area contributed by atoms with Crippen LogP contribution in [0.15, 0.2) is 34.6 Å². The van der Waals surface area contributed by atoms with Crippen LogP contribution >= 0.6 is 11.8 Å². The topological polar surface area (TPSA) is 114 Å². The van der Waals surface area contributed by atoms with Gasteiger partial charge in [-0.3, -0.25) is 4.79 Å². The van der Waals surface area contributed by atoms with Crippen LogP contribution in [-0.4, -0.2) is 46.3 Å². The number of nitrogen functional groups attached to an aromatic ring is 1. The fraction of sp³-hybridized carbons (Fsp3) is 0.368. The van der Waals surface area contributed by atoms with E-state index in [1.54, 1.807) is 14.2 Å². The molecule has 0 aliphatic heterocycles. The van der Waals surface area contributed by atoms with Gasteiger partial charge in [0.15, 0.2) is 22.1 Å². The molecule has 29 heavy (non-hydrogen) atoms. The lowest BCUT2D eigenvalue weighted by atomic mass is 10.3. The Hall–Kier alpha value is -3.01. The minimum absolute atomic E-state index is 0.278. The van der Waals surface area contributed by atoms with Gasteiger partial charge in [0.1, 0.15) is 17.8 Å². The van der Waals surface area contributed by atoms with Crippen molar-refractivity contribution in [3.05, 3.63) is 24.5 Å². The number of carbonyl (C=O) groups is 1. The number of rotatable bonds is 9. The molecule has 10 heteroatoms. The zero-order valence-corrected chi connectivity index (χ0v) is 17.4. The summed E-state index contributed by atoms with van der Waals surface area (Å²) in [5.74, 6) is 1.48. The number of esters is 1. The molecular weight excluding hydrogens is 394 g/mol. The van der Waals surface area contributed by atoms with Crippen molar-refractivity contribution < 1.29 is 19.0 Å². The highest BCUT2D eigenvalue weighted by Gasteiger charge is 2.18. The Morgan fingerprint density at radius 1 is 1.21 bits per heavy atom. The van der Waals surface area contributed by atoms with Crippen molar-refractivity contribution in [3.63, 3.8) is 0 Å². The monoisotopic (exact) mass is 417 g/mol. The predicted octanol–water partition coefficient (Wildman–Crippen LogP) is 2.92. The van der Waals surface area contributed by atoms with Crippen LogP contribution in [0.2, 0.25) is 0 Å². The van der Waals surface area contributed by atoms with Crippen molar-refractivity contribution in [1.82, 2.24) is 19.5 Å². The quantitative estimate of drug-likeness (QED) is 0.414. The highest BCUT2D eigenvalue weighted by atomic mass is 32.2. The third kappa shape index (κ3) is 4.89. The SMILES string of the molecule is COc1ccc(OC)c(Sc2nc3c(N)ncnc3n2CCCCOC(C)=O)c1. The Kier molecular flexibility index (Phi) is 6.76. The Morgan fingerprint density at radius 2 is 2.03 bits per heavy atom. The van der Waals surface area contributed by atoms with E-state index in [-0.39, 0.29) is 5.97 Å². The molecule has 0 spiro atoms. The minimum atomic E-state index is -0.278. The van der Waals surface area contributed by atoms with Gasteiger partial charge in [-0.15, -0.1) is 0 Å². The first-order valence-electron chi connectivity index (χ1n) is 9.03. The van der Waals surface area contributed by atoms with Crippen molar-refractivity contribution in [2.45, 2.75) is 36.4 Å². The zero-order valence-electron chi connectivity index (χ0n) is 16.5. The molecule has 2 N–H and O–H groups in total. The highest BCUT2D eigenvalue weighted by Crippen LogP contribution is 2.38. The zero-order chi connectivity index (χ0) is 20.8. The Labute approximate surface area is 172 Å². The molecule has 1 aromatic carbocycles. The number of aromatic nitrogens is 4. The molecule has 2 heterocycles. The first-order chi connectivity index (χ1) is 14.0. The van der Waals surface area contributed by atoms with Gasteiger partial charge in [-0.1, -0.05) is 0 Å². The van der Waals surface area contributed by atoms with Crippen LogP contribution < -0.4 is 15.2 Å². The van der Waals surface area contributed by atoms with Gasteiger partial charge in [0.25, 0.3) is 0 Å². The fourth-order valence-corrected chi connectivity index (χ4v) is 3.81. The van der Waals surface area contributed by atoms with E-state index < -0.39 is 0 Å². The van der Waals surface area contributed by atoms with Crippen LogP contribution in [-0.2, 0) is 16.1 Å². The van der Waals surface area contributed by atoms with Crippen LogP contribution in [0.4, 0.5) is 5.82 Å². The first-order valence-corrected chi connectivity index (χ1v) is 9.85. The number of ether oxygens (including phenoxy) is 3. The summed E-state index contributed by atoms with van der Waals surface area (Å²) in [4.78, 5) is 24.8. The number of hydrogen-bond donors (Lipinski definition) is 1. The molecule has 0 unspecified atom stereocenters. The predicted molar refractivity (Wildman–Crippen MR) is 109 cm³/mol. The standard InChI is InChI=1S/C19H23N5O4S/c1-12(25)28-9-5-4-8-24-18-16(17(20)21-11-22-18)23-19(24)29-15-10-13(26-2)6-7-14(15)27-3/h6-7,10-11H,4-5,8-9H2,1-3H3,(H2,20,21,22). The van der Waals surface area contributed by atoms with E-state index in [0.717, 1.165) is 23.5 Å². The number of fused-ring (bicyclic) bond motifs is 1. The van der Waals surface area contributed by atoms with Crippen molar-refractivity contribution in [1.29, 1.82) is 0 Å². The second-order valence-corrected chi connectivity index (χ2v) is 7.15. The Morgan fingerprint density at radius 3 is 2.76 bits per heavy atom. The number of carbonyl (C=O) groups excluding carboxylic acids is 1. The van der Waals surface area contributed by atoms with Crippen molar-refractivity contribution >= 4 is 34.7 Å². The van der Waals surface area contributed by atoms with E-state index in [4.69, 9.17) is 19.9 Å². The maximum absolute atomic E-state index is 10.9. The normalized spacial score (nSPS) is 10.9. The maximum atomic E-state index is 10.9. The van der Waals surface area contributed by atoms with Crippen LogP contribution in [0.25, 0.3) is 11.2 Å². The number of anilines is 1. The number of nitrogens with two attached hydrogens (primary N) is 1. The summed E-state index contributed by atoms with van der Waals surface area (Å²) >= 11 is 1.44. The number of methoxy groups -OCH3 is 2. The Balaban J connectivity index is 1.90. The molecule has 0 radical (unpaired) electrons. The number of hydrogen-bond acceptors (Lipinski definition) is 9. The highest BCUT2D eigenvalue weighted by molar-refractivity contribution is 7.99. The molecule has 0 bridgehead atoms. The van der Waals surface area contributed by atoms with Crippen molar-refractivity contribution in [2.75, 3.05) is 26.6 Å². The van der Waals surface area contributed by atoms with Crippen LogP contribution in [0.5, 0.6) is 11.5 Å². The molecule has 0 saturated heterocycles. The number of unbranched alkanes of at least 4 members (excludes halogenated alkanes) is 1. The van der Waals surface area contributed by atoms with Crippen LogP contribution in [0, 0.1) is 0 Å². The number of nitrogens with zero attached hydrogens (tertiary/aromatic N) is 4. The van der Waals surface area contributed by atoms with E-state index in [1.807, 2.05) is 22.8 Å². The third-order valence-electron chi connectivity index (χ3n) is 4.18. The summed E-state index contributed by atoms with van der Waals surface area (Å²) in [5.41, 5.74) is 7.22. The summed E-state index contributed by atoms with van der Waals surface area (Å²) in [6.07, 6.45) is 2.94. The van der Waals surface area contributed by atoms with Gasteiger partial charge in [-0.2, -0.15) is 0 Å². The largest absolute Gasteiger partial charge is 0.497 e. The fourth-order valence-electron chi connectivity index (χ4n) is 2.76. The summed E-state index contributed by atoms with van der Waals surface area (Å²) < 4.78 is 17.8. The van der Waals surface area contributed by atoms with Crippen molar-refractivity contribution in [3.8, 4) is 11.5 Å². The van der Waals surface area contributed by atoms with Gasteiger partial charge < -0.3 is 24.5 Å². The second kappa shape index (κ2) is 9.46. The van der Waals surface area contributed by atoms with Crippen LogP contribution in [0.3, 0.4) is 0 Å². The van der Waals surface area contributed by atoms with Crippen molar-refractivity contribution in [2.24, 2.45) is 0 Å². The lowest BCUT2D eigenvalue weighted by Gasteiger charge is -2.11. The van der Waals surface area contributed by atoms with E-state index in [0.29, 0.717) is 41.0 Å². The van der Waals surface area contributed by atoms with Gasteiger partial charge in [-0.25, -0.2) is 15.0 Å². The average Bonchev–Trinajstić information content (AvgIpc) is 3.06. The third-order valence-corrected chi connectivity index (χ3v) is 5.21. The van der Waals surface area contributed by atoms with E-state index in [1.165, 1.54) is 25.0 Å². The minimum Gasteiger partial charge on any atom is -0.497 e. The maximum Gasteiger partial charge on any atom is 0.302 e. The Bertz CT molecular complexity index is 1010. The van der Waals surface area contributed by atoms with E-state index in [2.05, 4.69) is 15.0 Å². The molecule has 0 saturated carbocycles. The van der Waals surface area contributed by atoms with Gasteiger partial charge in [0.2, 0.25) is 0 Å². The molecule has 154 valence electrons. The van der Waals surface area contributed by atoms with E-state index >= 15 is 0 Å². The first kappa shape index (κ1) is 20.7. The molecule has 2 aromatic heterocycles. The number of imidazole rings is 1. The number of aryl methyl sites for hydroxylation is 1. The molecule has 0 aliphatic rings. The average molecular weight is 417 g/mol. The lowest BCUT2D eigenvalue weighted by Crippen LogP contribution is -2.05. The van der Waals surface area contributed by atoms with Gasteiger partial charge >= 0.3 is 5.97 Å². The number of benzene rings is 1. The van der Waals surface area contributed by atoms with Gasteiger partial charge in [-0.05, 0) is 42.8 Å². The molecular formula is C19H23N5O4S. The summed E-state index contributed by atoms with van der Waals surface area (Å²) in [6, 6.07) is 5.58. The molecule has 0 amide bonds. The molecule has 9 nitrogen and oxygen atoms in total. The summed E-state index contributed by atoms with van der Waals surface area (Å²) in [6.45, 7) is 2.42. The second-order valence-electron chi connectivity index (χ2n) is 6.14. The van der Waals surface area contributed by atoms with Gasteiger partial charge in [0.05, 0.1) is 25.7 Å². The molecule has 3 aromatic rings. The molecule has 3 rings (SSSR count). The lowest BCUT2D eigenvalue weighted by molar-refractivity contribution is -0.141. The molecule has 0 fully saturated rings. The van der Waals surface area contributed by atoms with Crippen LogP contribution in [0.1, 0.15) is 19.8 Å². The summed E-state index contributed by atoms with van der Waals surface area (Å²) in [5, 5.41) is 0.714. The molecule has 0 atom stereocenters. The van der Waals surface area contributed by atoms with Gasteiger partial charge in [0, 0.05) is 13.5 Å². The molecule has 0 aliphatic carbocycles. The smallest absolute Gasteiger partial charge is 0.302 e. The van der Waals surface area contributed by atoms with E-state index in [9.17, 15) is 4.79 Å².